The molecule has 0 unspecified atom stereocenters. The number of nitriles is 1. The molecule has 19 heavy (non-hydrogen) atoms. The fourth-order valence-corrected chi connectivity index (χ4v) is 2.92. The standard InChI is InChI=1S/C13H9BrN2O2S/c14-11-2-1-3-12(8-11)16-19(17,18)13-6-4-10(9-15)5-7-13/h1-8,16H. The highest BCUT2D eigenvalue weighted by molar-refractivity contribution is 9.10. The number of sulfonamides is 1. The lowest BCUT2D eigenvalue weighted by atomic mass is 10.2. The summed E-state index contributed by atoms with van der Waals surface area (Å²) < 4.78 is 27.5. The summed E-state index contributed by atoms with van der Waals surface area (Å²) in [5.74, 6) is 0. The van der Waals surface area contributed by atoms with Crippen LogP contribution in [-0.2, 0) is 10.0 Å². The molecule has 0 atom stereocenters. The van der Waals surface area contributed by atoms with Crippen LogP contribution in [0, 0.1) is 11.3 Å². The SMILES string of the molecule is N#Cc1ccc(S(=O)(=O)Nc2cccc(Br)c2)cc1. The van der Waals surface area contributed by atoms with E-state index in [-0.39, 0.29) is 4.90 Å². The number of anilines is 1. The van der Waals surface area contributed by atoms with E-state index in [1.54, 1.807) is 24.3 Å². The number of benzene rings is 2. The normalized spacial score (nSPS) is 10.7. The lowest BCUT2D eigenvalue weighted by Crippen LogP contribution is -2.12. The molecule has 0 aromatic heterocycles. The van der Waals surface area contributed by atoms with E-state index in [0.717, 1.165) is 4.47 Å². The van der Waals surface area contributed by atoms with Gasteiger partial charge >= 0.3 is 0 Å². The molecule has 6 heteroatoms. The average Bonchev–Trinajstić information content (AvgIpc) is 2.38. The lowest BCUT2D eigenvalue weighted by Gasteiger charge is -2.08. The largest absolute Gasteiger partial charge is 0.280 e. The summed E-state index contributed by atoms with van der Waals surface area (Å²) in [6.07, 6.45) is 0. The molecule has 96 valence electrons. The highest BCUT2D eigenvalue weighted by Crippen LogP contribution is 2.19. The number of hydrogen-bond donors (Lipinski definition) is 1. The Morgan fingerprint density at radius 1 is 1.11 bits per heavy atom. The molecule has 0 aliphatic rings. The first-order valence-corrected chi connectivity index (χ1v) is 7.57. The van der Waals surface area contributed by atoms with E-state index in [9.17, 15) is 8.42 Å². The third kappa shape index (κ3) is 3.34. The molecule has 2 aromatic rings. The highest BCUT2D eigenvalue weighted by Gasteiger charge is 2.13. The van der Waals surface area contributed by atoms with Crippen molar-refractivity contribution in [1.82, 2.24) is 0 Å². The Balaban J connectivity index is 2.30. The molecule has 0 radical (unpaired) electrons. The summed E-state index contributed by atoms with van der Waals surface area (Å²) in [6.45, 7) is 0. The van der Waals surface area contributed by atoms with Crippen LogP contribution < -0.4 is 4.72 Å². The summed E-state index contributed by atoms with van der Waals surface area (Å²) in [4.78, 5) is 0.117. The molecular formula is C13H9BrN2O2S. The molecule has 2 aromatic carbocycles. The van der Waals surface area contributed by atoms with Crippen molar-refractivity contribution >= 4 is 31.6 Å². The molecule has 1 N–H and O–H groups in total. The summed E-state index contributed by atoms with van der Waals surface area (Å²) in [5, 5.41) is 8.68. The van der Waals surface area contributed by atoms with E-state index in [0.29, 0.717) is 11.3 Å². The van der Waals surface area contributed by atoms with Crippen molar-refractivity contribution in [3.05, 3.63) is 58.6 Å². The minimum Gasteiger partial charge on any atom is -0.280 e. The second-order valence-electron chi connectivity index (χ2n) is 3.75. The summed E-state index contributed by atoms with van der Waals surface area (Å²) >= 11 is 3.27. The zero-order valence-electron chi connectivity index (χ0n) is 9.67. The molecule has 0 heterocycles. The van der Waals surface area contributed by atoms with E-state index in [1.807, 2.05) is 6.07 Å². The number of hydrogen-bond acceptors (Lipinski definition) is 3. The monoisotopic (exact) mass is 336 g/mol. The van der Waals surface area contributed by atoms with E-state index < -0.39 is 10.0 Å². The number of halogens is 1. The number of nitrogens with zero attached hydrogens (tertiary/aromatic N) is 1. The zero-order chi connectivity index (χ0) is 13.9. The van der Waals surface area contributed by atoms with E-state index in [1.165, 1.54) is 24.3 Å². The minimum atomic E-state index is -3.64. The topological polar surface area (TPSA) is 70.0 Å². The van der Waals surface area contributed by atoms with Gasteiger partial charge in [0, 0.05) is 10.2 Å². The molecular weight excluding hydrogens is 328 g/mol. The Kier molecular flexibility index (Phi) is 3.88. The van der Waals surface area contributed by atoms with Crippen LogP contribution in [0.4, 0.5) is 5.69 Å². The molecule has 0 amide bonds. The predicted molar refractivity (Wildman–Crippen MR) is 76.1 cm³/mol. The zero-order valence-corrected chi connectivity index (χ0v) is 12.1. The maximum Gasteiger partial charge on any atom is 0.261 e. The summed E-state index contributed by atoms with van der Waals surface area (Å²) in [7, 11) is -3.64. The van der Waals surface area contributed by atoms with Gasteiger partial charge in [0.2, 0.25) is 0 Å². The van der Waals surface area contributed by atoms with E-state index in [4.69, 9.17) is 5.26 Å². The smallest absolute Gasteiger partial charge is 0.261 e. The molecule has 0 fully saturated rings. The maximum atomic E-state index is 12.1. The van der Waals surface area contributed by atoms with Crippen LogP contribution in [0.3, 0.4) is 0 Å². The molecule has 0 spiro atoms. The third-order valence-electron chi connectivity index (χ3n) is 2.37. The van der Waals surface area contributed by atoms with Crippen molar-refractivity contribution in [3.8, 4) is 6.07 Å². The first kappa shape index (κ1) is 13.6. The van der Waals surface area contributed by atoms with Gasteiger partial charge in [0.15, 0.2) is 0 Å². The Morgan fingerprint density at radius 2 is 1.79 bits per heavy atom. The van der Waals surface area contributed by atoms with Gasteiger partial charge in [0.25, 0.3) is 10.0 Å². The van der Waals surface area contributed by atoms with Crippen molar-refractivity contribution < 1.29 is 8.42 Å². The van der Waals surface area contributed by atoms with Crippen LogP contribution in [0.25, 0.3) is 0 Å². The van der Waals surface area contributed by atoms with Gasteiger partial charge in [-0.2, -0.15) is 5.26 Å². The quantitative estimate of drug-likeness (QED) is 0.935. The van der Waals surface area contributed by atoms with Crippen LogP contribution in [0.5, 0.6) is 0 Å². The lowest BCUT2D eigenvalue weighted by molar-refractivity contribution is 0.601. The Hall–Kier alpha value is -1.84. The van der Waals surface area contributed by atoms with Gasteiger partial charge in [-0.3, -0.25) is 4.72 Å². The van der Waals surface area contributed by atoms with E-state index >= 15 is 0 Å². The van der Waals surface area contributed by atoms with Gasteiger partial charge in [-0.1, -0.05) is 22.0 Å². The van der Waals surface area contributed by atoms with Crippen molar-refractivity contribution in [1.29, 1.82) is 5.26 Å². The predicted octanol–water partition coefficient (Wildman–Crippen LogP) is 3.12. The van der Waals surface area contributed by atoms with Crippen LogP contribution in [0.2, 0.25) is 0 Å². The Morgan fingerprint density at radius 3 is 2.37 bits per heavy atom. The molecule has 0 aliphatic heterocycles. The highest BCUT2D eigenvalue weighted by atomic mass is 79.9. The average molecular weight is 337 g/mol. The summed E-state index contributed by atoms with van der Waals surface area (Å²) in [6, 6.07) is 14.5. The van der Waals surface area contributed by atoms with Gasteiger partial charge in [0.1, 0.15) is 0 Å². The van der Waals surface area contributed by atoms with Crippen LogP contribution >= 0.6 is 15.9 Å². The van der Waals surface area contributed by atoms with Crippen LogP contribution in [-0.4, -0.2) is 8.42 Å². The number of nitrogens with one attached hydrogen (secondary N) is 1. The molecule has 2 rings (SSSR count). The van der Waals surface area contributed by atoms with Crippen LogP contribution in [0.1, 0.15) is 5.56 Å². The van der Waals surface area contributed by atoms with Crippen molar-refractivity contribution in [2.75, 3.05) is 4.72 Å². The van der Waals surface area contributed by atoms with Gasteiger partial charge in [-0.15, -0.1) is 0 Å². The van der Waals surface area contributed by atoms with Gasteiger partial charge in [-0.25, -0.2) is 8.42 Å². The number of rotatable bonds is 3. The van der Waals surface area contributed by atoms with Crippen molar-refractivity contribution in [3.63, 3.8) is 0 Å². The molecule has 0 saturated heterocycles. The van der Waals surface area contributed by atoms with E-state index in [2.05, 4.69) is 20.7 Å². The third-order valence-corrected chi connectivity index (χ3v) is 4.26. The second-order valence-corrected chi connectivity index (χ2v) is 6.35. The molecule has 0 bridgehead atoms. The minimum absolute atomic E-state index is 0.117. The second kappa shape index (κ2) is 5.43. The fraction of sp³-hybridized carbons (Fsp3) is 0. The van der Waals surface area contributed by atoms with Gasteiger partial charge in [0.05, 0.1) is 16.5 Å². The van der Waals surface area contributed by atoms with Crippen LogP contribution in [0.15, 0.2) is 57.9 Å². The first-order chi connectivity index (χ1) is 9.01. The molecule has 4 nitrogen and oxygen atoms in total. The first-order valence-electron chi connectivity index (χ1n) is 5.30. The Labute approximate surface area is 119 Å². The van der Waals surface area contributed by atoms with Gasteiger partial charge in [-0.05, 0) is 42.5 Å². The molecule has 0 aliphatic carbocycles. The molecule has 0 saturated carbocycles. The summed E-state index contributed by atoms with van der Waals surface area (Å²) in [5.41, 5.74) is 0.889. The van der Waals surface area contributed by atoms with Crippen molar-refractivity contribution in [2.45, 2.75) is 4.90 Å². The van der Waals surface area contributed by atoms with Crippen molar-refractivity contribution in [2.24, 2.45) is 0 Å². The maximum absolute atomic E-state index is 12.1. The fourth-order valence-electron chi connectivity index (χ4n) is 1.47. The Bertz CT molecular complexity index is 734. The van der Waals surface area contributed by atoms with Gasteiger partial charge < -0.3 is 0 Å².